The Kier molecular flexibility index (Phi) is 6.44. The lowest BCUT2D eigenvalue weighted by molar-refractivity contribution is -0.119. The minimum Gasteiger partial charge on any atom is -0.359 e. The number of urea groups is 1. The van der Waals surface area contributed by atoms with Crippen LogP contribution in [0.15, 0.2) is 54.6 Å². The Morgan fingerprint density at radius 2 is 1.59 bits per heavy atom. The molecule has 0 aromatic heterocycles. The number of likely N-dealkylation sites (N-methyl/N-ethyl adjacent to an activating group) is 1. The van der Waals surface area contributed by atoms with Gasteiger partial charge in [0.1, 0.15) is 0 Å². The molecule has 2 N–H and O–H groups in total. The molecule has 0 spiro atoms. The molecule has 3 rings (SSSR count). The summed E-state index contributed by atoms with van der Waals surface area (Å²) in [6.45, 7) is 3.99. The maximum atomic E-state index is 12.6. The van der Waals surface area contributed by atoms with Gasteiger partial charge in [0.2, 0.25) is 5.91 Å². The zero-order valence-corrected chi connectivity index (χ0v) is 15.6. The van der Waals surface area contributed by atoms with E-state index >= 15 is 0 Å². The van der Waals surface area contributed by atoms with Gasteiger partial charge in [0.25, 0.3) is 0 Å². The molecule has 27 heavy (non-hydrogen) atoms. The Bertz CT molecular complexity index is 771. The van der Waals surface area contributed by atoms with Crippen LogP contribution in [0.2, 0.25) is 0 Å². The van der Waals surface area contributed by atoms with Gasteiger partial charge in [0.15, 0.2) is 0 Å². The van der Waals surface area contributed by atoms with E-state index in [0.29, 0.717) is 18.8 Å². The number of rotatable bonds is 5. The molecule has 6 nitrogen and oxygen atoms in total. The number of nitrogens with zero attached hydrogens (tertiary/aromatic N) is 2. The quantitative estimate of drug-likeness (QED) is 0.854. The number of benzene rings is 2. The average molecular weight is 366 g/mol. The highest BCUT2D eigenvalue weighted by molar-refractivity contribution is 5.91. The number of para-hydroxylation sites is 1. The number of carbonyl (C=O) groups is 2. The van der Waals surface area contributed by atoms with Crippen molar-refractivity contribution in [2.75, 3.05) is 38.5 Å². The first-order valence-corrected chi connectivity index (χ1v) is 9.26. The van der Waals surface area contributed by atoms with Crippen LogP contribution in [0.3, 0.4) is 0 Å². The zero-order chi connectivity index (χ0) is 19.1. The highest BCUT2D eigenvalue weighted by Gasteiger charge is 2.21. The first-order chi connectivity index (χ1) is 13.2. The van der Waals surface area contributed by atoms with Crippen LogP contribution in [-0.2, 0) is 17.8 Å². The van der Waals surface area contributed by atoms with Gasteiger partial charge < -0.3 is 15.5 Å². The number of hydrogen-bond acceptors (Lipinski definition) is 3. The van der Waals surface area contributed by atoms with E-state index in [1.807, 2.05) is 35.2 Å². The van der Waals surface area contributed by atoms with E-state index in [1.165, 1.54) is 5.56 Å². The molecule has 1 saturated heterocycles. The summed E-state index contributed by atoms with van der Waals surface area (Å²) >= 11 is 0. The largest absolute Gasteiger partial charge is 0.359 e. The Morgan fingerprint density at radius 3 is 2.30 bits per heavy atom. The molecule has 1 fully saturated rings. The summed E-state index contributed by atoms with van der Waals surface area (Å²) in [6, 6.07) is 17.7. The van der Waals surface area contributed by atoms with Crippen molar-refractivity contribution >= 4 is 17.6 Å². The summed E-state index contributed by atoms with van der Waals surface area (Å²) in [5, 5.41) is 5.58. The van der Waals surface area contributed by atoms with Gasteiger partial charge in [-0.2, -0.15) is 0 Å². The minimum absolute atomic E-state index is 0.0776. The SMILES string of the molecule is CNC(=O)Cc1ccccc1NC(=O)N1CCN(Cc2ccccc2)CC1. The minimum atomic E-state index is -0.112. The van der Waals surface area contributed by atoms with Gasteiger partial charge in [0, 0.05) is 45.5 Å². The maximum Gasteiger partial charge on any atom is 0.321 e. The predicted octanol–water partition coefficient (Wildman–Crippen LogP) is 2.32. The van der Waals surface area contributed by atoms with Crippen molar-refractivity contribution in [1.82, 2.24) is 15.1 Å². The summed E-state index contributed by atoms with van der Waals surface area (Å²) in [5.74, 6) is -0.0776. The van der Waals surface area contributed by atoms with Crippen LogP contribution in [-0.4, -0.2) is 55.0 Å². The smallest absolute Gasteiger partial charge is 0.321 e. The van der Waals surface area contributed by atoms with Crippen LogP contribution in [0.5, 0.6) is 0 Å². The highest BCUT2D eigenvalue weighted by atomic mass is 16.2. The molecule has 2 aromatic carbocycles. The van der Waals surface area contributed by atoms with Gasteiger partial charge in [-0.05, 0) is 17.2 Å². The molecule has 0 radical (unpaired) electrons. The molecule has 1 aliphatic heterocycles. The number of anilines is 1. The Morgan fingerprint density at radius 1 is 0.926 bits per heavy atom. The normalized spacial score (nSPS) is 14.6. The van der Waals surface area contributed by atoms with E-state index in [4.69, 9.17) is 0 Å². The molecule has 1 aliphatic rings. The number of carbonyl (C=O) groups excluding carboxylic acids is 2. The Balaban J connectivity index is 1.53. The Hall–Kier alpha value is -2.86. The molecule has 0 aliphatic carbocycles. The fourth-order valence-electron chi connectivity index (χ4n) is 3.20. The first kappa shape index (κ1) is 18.9. The van der Waals surface area contributed by atoms with Gasteiger partial charge in [0.05, 0.1) is 6.42 Å². The number of amides is 3. The van der Waals surface area contributed by atoms with Crippen LogP contribution < -0.4 is 10.6 Å². The van der Waals surface area contributed by atoms with Crippen LogP contribution in [0, 0.1) is 0 Å². The second kappa shape index (κ2) is 9.19. The fourth-order valence-corrected chi connectivity index (χ4v) is 3.20. The summed E-state index contributed by atoms with van der Waals surface area (Å²) in [7, 11) is 1.61. The number of hydrogen-bond donors (Lipinski definition) is 2. The summed E-state index contributed by atoms with van der Waals surface area (Å²) < 4.78 is 0. The van der Waals surface area contributed by atoms with Gasteiger partial charge >= 0.3 is 6.03 Å². The summed E-state index contributed by atoms with van der Waals surface area (Å²) in [5.41, 5.74) is 2.80. The molecule has 0 unspecified atom stereocenters. The van der Waals surface area contributed by atoms with Gasteiger partial charge in [-0.1, -0.05) is 48.5 Å². The van der Waals surface area contributed by atoms with E-state index in [9.17, 15) is 9.59 Å². The highest BCUT2D eigenvalue weighted by Crippen LogP contribution is 2.17. The monoisotopic (exact) mass is 366 g/mol. The second-order valence-electron chi connectivity index (χ2n) is 6.69. The van der Waals surface area contributed by atoms with Crippen molar-refractivity contribution in [2.24, 2.45) is 0 Å². The molecule has 0 atom stereocenters. The Labute approximate surface area is 160 Å². The fraction of sp³-hybridized carbons (Fsp3) is 0.333. The maximum absolute atomic E-state index is 12.6. The van der Waals surface area contributed by atoms with E-state index in [2.05, 4.69) is 39.8 Å². The third-order valence-electron chi connectivity index (χ3n) is 4.80. The third kappa shape index (κ3) is 5.31. The topological polar surface area (TPSA) is 64.7 Å². The van der Waals surface area contributed by atoms with Crippen molar-refractivity contribution in [3.8, 4) is 0 Å². The van der Waals surface area contributed by atoms with Crippen LogP contribution in [0.25, 0.3) is 0 Å². The molecular formula is C21H26N4O2. The average Bonchev–Trinajstić information content (AvgIpc) is 2.70. The molecule has 2 aromatic rings. The lowest BCUT2D eigenvalue weighted by atomic mass is 10.1. The molecule has 1 heterocycles. The zero-order valence-electron chi connectivity index (χ0n) is 15.6. The molecule has 6 heteroatoms. The third-order valence-corrected chi connectivity index (χ3v) is 4.80. The van der Waals surface area contributed by atoms with Gasteiger partial charge in [-0.25, -0.2) is 4.79 Å². The van der Waals surface area contributed by atoms with Crippen molar-refractivity contribution in [3.05, 3.63) is 65.7 Å². The summed E-state index contributed by atoms with van der Waals surface area (Å²) in [4.78, 5) is 28.5. The van der Waals surface area contributed by atoms with Crippen molar-refractivity contribution in [3.63, 3.8) is 0 Å². The van der Waals surface area contributed by atoms with Gasteiger partial charge in [-0.3, -0.25) is 9.69 Å². The van der Waals surface area contributed by atoms with Crippen LogP contribution in [0.1, 0.15) is 11.1 Å². The van der Waals surface area contributed by atoms with E-state index < -0.39 is 0 Å². The summed E-state index contributed by atoms with van der Waals surface area (Å²) in [6.07, 6.45) is 0.248. The van der Waals surface area contributed by atoms with Crippen molar-refractivity contribution in [2.45, 2.75) is 13.0 Å². The van der Waals surface area contributed by atoms with Crippen molar-refractivity contribution < 1.29 is 9.59 Å². The molecule has 3 amide bonds. The van der Waals surface area contributed by atoms with E-state index in [0.717, 1.165) is 25.2 Å². The molecule has 0 saturated carbocycles. The molecule has 0 bridgehead atoms. The van der Waals surface area contributed by atoms with Gasteiger partial charge in [-0.15, -0.1) is 0 Å². The first-order valence-electron chi connectivity index (χ1n) is 9.26. The van der Waals surface area contributed by atoms with E-state index in [-0.39, 0.29) is 18.4 Å². The standard InChI is InChI=1S/C21H26N4O2/c1-22-20(26)15-18-9-5-6-10-19(18)23-21(27)25-13-11-24(12-14-25)16-17-7-3-2-4-8-17/h2-10H,11-16H2,1H3,(H,22,26)(H,23,27). The lowest BCUT2D eigenvalue weighted by Gasteiger charge is -2.34. The van der Waals surface area contributed by atoms with Crippen molar-refractivity contribution in [1.29, 1.82) is 0 Å². The van der Waals surface area contributed by atoms with Crippen LogP contribution in [0.4, 0.5) is 10.5 Å². The lowest BCUT2D eigenvalue weighted by Crippen LogP contribution is -2.49. The number of piperazine rings is 1. The van der Waals surface area contributed by atoms with E-state index in [1.54, 1.807) is 7.05 Å². The molecule has 142 valence electrons. The number of nitrogens with one attached hydrogen (secondary N) is 2. The van der Waals surface area contributed by atoms with Crippen LogP contribution >= 0.6 is 0 Å². The molecular weight excluding hydrogens is 340 g/mol. The second-order valence-corrected chi connectivity index (χ2v) is 6.69. The predicted molar refractivity (Wildman–Crippen MR) is 107 cm³/mol.